The molecule has 4 rings (SSSR count). The van der Waals surface area contributed by atoms with Crippen molar-refractivity contribution in [2.24, 2.45) is 0 Å². The van der Waals surface area contributed by atoms with Crippen LogP contribution in [0.1, 0.15) is 17.3 Å². The van der Waals surface area contributed by atoms with Crippen LogP contribution in [0.15, 0.2) is 83.1 Å². The van der Waals surface area contributed by atoms with Gasteiger partial charge in [-0.05, 0) is 61.5 Å². The van der Waals surface area contributed by atoms with E-state index in [2.05, 4.69) is 15.6 Å². The first-order chi connectivity index (χ1) is 16.9. The van der Waals surface area contributed by atoms with Crippen molar-refractivity contribution in [3.63, 3.8) is 0 Å². The summed E-state index contributed by atoms with van der Waals surface area (Å²) in [7, 11) is 1.58. The van der Waals surface area contributed by atoms with E-state index in [-0.39, 0.29) is 17.1 Å². The van der Waals surface area contributed by atoms with E-state index in [0.29, 0.717) is 27.2 Å². The maximum Gasteiger partial charge on any atom is 0.255 e. The van der Waals surface area contributed by atoms with Gasteiger partial charge in [0.15, 0.2) is 5.13 Å². The maximum absolute atomic E-state index is 12.7. The molecule has 0 fully saturated rings. The predicted molar refractivity (Wildman–Crippen MR) is 144 cm³/mol. The Balaban J connectivity index is 1.35. The minimum absolute atomic E-state index is 0.153. The highest BCUT2D eigenvalue weighted by Crippen LogP contribution is 2.29. The number of halogens is 1. The summed E-state index contributed by atoms with van der Waals surface area (Å²) in [4.78, 5) is 30.7. The summed E-state index contributed by atoms with van der Waals surface area (Å²) in [5.41, 5.74) is 2.89. The van der Waals surface area contributed by atoms with Crippen LogP contribution < -0.4 is 15.4 Å². The van der Waals surface area contributed by atoms with E-state index in [4.69, 9.17) is 16.3 Å². The second kappa shape index (κ2) is 11.4. The first-order valence-electron chi connectivity index (χ1n) is 10.7. The number of methoxy groups -OCH3 is 1. The number of nitrogens with zero attached hydrogens (tertiary/aromatic N) is 1. The second-order valence-electron chi connectivity index (χ2n) is 7.50. The number of thioether (sulfide) groups is 1. The summed E-state index contributed by atoms with van der Waals surface area (Å²) in [5.74, 6) is 0.312. The highest BCUT2D eigenvalue weighted by atomic mass is 35.5. The van der Waals surface area contributed by atoms with Gasteiger partial charge in [0.1, 0.15) is 5.75 Å². The Morgan fingerprint density at radius 3 is 2.49 bits per heavy atom. The third-order valence-electron chi connectivity index (χ3n) is 5.00. The quantitative estimate of drug-likeness (QED) is 0.247. The van der Waals surface area contributed by atoms with E-state index in [1.807, 2.05) is 48.7 Å². The third-order valence-corrected chi connectivity index (χ3v) is 7.10. The molecule has 0 bridgehead atoms. The highest BCUT2D eigenvalue weighted by molar-refractivity contribution is 8.00. The number of hydrogen-bond acceptors (Lipinski definition) is 6. The SMILES string of the molecule is COc1ccc(C(=O)Nc2cccc(SC(C)C(=O)Nc3nc(-c4ccc(Cl)cc4)cs3)c2)cc1. The van der Waals surface area contributed by atoms with Crippen molar-refractivity contribution < 1.29 is 14.3 Å². The van der Waals surface area contributed by atoms with Crippen molar-refractivity contribution in [3.05, 3.63) is 88.8 Å². The molecule has 0 aliphatic heterocycles. The number of hydrogen-bond donors (Lipinski definition) is 2. The van der Waals surface area contributed by atoms with E-state index in [9.17, 15) is 9.59 Å². The number of nitrogens with one attached hydrogen (secondary N) is 2. The molecule has 3 aromatic carbocycles. The van der Waals surface area contributed by atoms with Gasteiger partial charge in [-0.3, -0.25) is 9.59 Å². The first-order valence-corrected chi connectivity index (χ1v) is 12.8. The maximum atomic E-state index is 12.7. The lowest BCUT2D eigenvalue weighted by atomic mass is 10.2. The van der Waals surface area contributed by atoms with Gasteiger partial charge in [-0.25, -0.2) is 4.98 Å². The minimum atomic E-state index is -0.370. The molecular weight excluding hydrogens is 502 g/mol. The van der Waals surface area contributed by atoms with E-state index in [1.54, 1.807) is 43.5 Å². The molecule has 0 saturated heterocycles. The minimum Gasteiger partial charge on any atom is -0.497 e. The number of aromatic nitrogens is 1. The van der Waals surface area contributed by atoms with Gasteiger partial charge in [-0.15, -0.1) is 23.1 Å². The summed E-state index contributed by atoms with van der Waals surface area (Å²) in [6.07, 6.45) is 0. The van der Waals surface area contributed by atoms with E-state index < -0.39 is 0 Å². The van der Waals surface area contributed by atoms with Gasteiger partial charge in [-0.2, -0.15) is 0 Å². The summed E-state index contributed by atoms with van der Waals surface area (Å²) in [6, 6.07) is 21.7. The van der Waals surface area contributed by atoms with E-state index in [1.165, 1.54) is 23.1 Å². The molecule has 35 heavy (non-hydrogen) atoms. The van der Waals surface area contributed by atoms with E-state index >= 15 is 0 Å². The molecule has 1 heterocycles. The van der Waals surface area contributed by atoms with Crippen LogP contribution in [-0.4, -0.2) is 29.2 Å². The van der Waals surface area contributed by atoms with Crippen LogP contribution in [0.25, 0.3) is 11.3 Å². The van der Waals surface area contributed by atoms with Crippen molar-refractivity contribution in [1.82, 2.24) is 4.98 Å². The number of carbonyl (C=O) groups is 2. The van der Waals surface area contributed by atoms with Crippen molar-refractivity contribution in [3.8, 4) is 17.0 Å². The molecule has 6 nitrogen and oxygen atoms in total. The molecule has 0 aliphatic carbocycles. The molecule has 1 atom stereocenters. The zero-order valence-electron chi connectivity index (χ0n) is 18.9. The lowest BCUT2D eigenvalue weighted by Crippen LogP contribution is -2.22. The van der Waals surface area contributed by atoms with Gasteiger partial charge in [0, 0.05) is 32.1 Å². The number of ether oxygens (including phenoxy) is 1. The zero-order valence-corrected chi connectivity index (χ0v) is 21.3. The highest BCUT2D eigenvalue weighted by Gasteiger charge is 2.17. The topological polar surface area (TPSA) is 80.3 Å². The molecule has 9 heteroatoms. The van der Waals surface area contributed by atoms with E-state index in [0.717, 1.165) is 16.2 Å². The van der Waals surface area contributed by atoms with Crippen LogP contribution >= 0.6 is 34.7 Å². The number of anilines is 2. The van der Waals surface area contributed by atoms with Crippen LogP contribution in [0.5, 0.6) is 5.75 Å². The molecule has 178 valence electrons. The van der Waals surface area contributed by atoms with Gasteiger partial charge in [0.25, 0.3) is 5.91 Å². The summed E-state index contributed by atoms with van der Waals surface area (Å²) >= 11 is 8.71. The Morgan fingerprint density at radius 2 is 1.77 bits per heavy atom. The molecular formula is C26H22ClN3O3S2. The third kappa shape index (κ3) is 6.63. The Bertz CT molecular complexity index is 1320. The van der Waals surface area contributed by atoms with Crippen LogP contribution in [0.3, 0.4) is 0 Å². The molecule has 0 radical (unpaired) electrons. The van der Waals surface area contributed by atoms with Gasteiger partial charge in [0.2, 0.25) is 5.91 Å². The molecule has 1 unspecified atom stereocenters. The molecule has 2 N–H and O–H groups in total. The van der Waals surface area contributed by atoms with Gasteiger partial charge in [0.05, 0.1) is 18.1 Å². The largest absolute Gasteiger partial charge is 0.497 e. The Labute approximate surface area is 216 Å². The molecule has 0 aliphatic rings. The lowest BCUT2D eigenvalue weighted by Gasteiger charge is -2.12. The van der Waals surface area contributed by atoms with Crippen LogP contribution in [0.4, 0.5) is 10.8 Å². The van der Waals surface area contributed by atoms with Gasteiger partial charge in [-0.1, -0.05) is 29.8 Å². The molecule has 0 spiro atoms. The zero-order chi connectivity index (χ0) is 24.8. The average molecular weight is 524 g/mol. The van der Waals surface area contributed by atoms with Crippen LogP contribution in [-0.2, 0) is 4.79 Å². The smallest absolute Gasteiger partial charge is 0.255 e. The Hall–Kier alpha value is -3.33. The lowest BCUT2D eigenvalue weighted by molar-refractivity contribution is -0.115. The van der Waals surface area contributed by atoms with Crippen molar-refractivity contribution in [1.29, 1.82) is 0 Å². The van der Waals surface area contributed by atoms with Crippen LogP contribution in [0.2, 0.25) is 5.02 Å². The van der Waals surface area contributed by atoms with Gasteiger partial charge >= 0.3 is 0 Å². The summed E-state index contributed by atoms with van der Waals surface area (Å²) < 4.78 is 5.13. The van der Waals surface area contributed by atoms with Crippen LogP contribution in [0, 0.1) is 0 Å². The summed E-state index contributed by atoms with van der Waals surface area (Å²) in [5, 5.41) is 8.49. The van der Waals surface area contributed by atoms with Crippen molar-refractivity contribution >= 4 is 57.3 Å². The molecule has 0 saturated carbocycles. The number of rotatable bonds is 8. The van der Waals surface area contributed by atoms with Gasteiger partial charge < -0.3 is 15.4 Å². The van der Waals surface area contributed by atoms with Crippen molar-refractivity contribution in [2.45, 2.75) is 17.1 Å². The fourth-order valence-corrected chi connectivity index (χ4v) is 4.92. The molecule has 4 aromatic rings. The fourth-order valence-electron chi connectivity index (χ4n) is 3.14. The monoisotopic (exact) mass is 523 g/mol. The normalized spacial score (nSPS) is 11.5. The fraction of sp³-hybridized carbons (Fsp3) is 0.115. The number of amides is 2. The predicted octanol–water partition coefficient (Wildman–Crippen LogP) is 6.84. The Kier molecular flexibility index (Phi) is 8.07. The van der Waals surface area contributed by atoms with Crippen molar-refractivity contribution in [2.75, 3.05) is 17.7 Å². The second-order valence-corrected chi connectivity index (χ2v) is 10.2. The molecule has 1 aromatic heterocycles. The standard InChI is InChI=1S/C26H22ClN3O3S2/c1-16(24(31)30-26-29-23(15-34-26)17-6-10-19(27)11-7-17)35-22-5-3-4-20(14-22)28-25(32)18-8-12-21(33-2)13-9-18/h3-16H,1-2H3,(H,28,32)(H,29,30,31). The number of benzene rings is 3. The average Bonchev–Trinajstić information content (AvgIpc) is 3.33. The summed E-state index contributed by atoms with van der Waals surface area (Å²) in [6.45, 7) is 1.83. The molecule has 2 amide bonds. The first kappa shape index (κ1) is 24.8. The number of carbonyl (C=O) groups excluding carboxylic acids is 2. The Morgan fingerprint density at radius 1 is 1.03 bits per heavy atom. The number of thiazole rings is 1.